The van der Waals surface area contributed by atoms with Crippen molar-refractivity contribution in [3.05, 3.63) is 102 Å². The van der Waals surface area contributed by atoms with Gasteiger partial charge in [0.2, 0.25) is 0 Å². The number of fused-ring (bicyclic) bond motifs is 1. The van der Waals surface area contributed by atoms with E-state index in [1.165, 1.54) is 12.1 Å². The predicted octanol–water partition coefficient (Wildman–Crippen LogP) is 5.19. The lowest BCUT2D eigenvalue weighted by atomic mass is 10.0. The number of nitrogens with zero attached hydrogens (tertiary/aromatic N) is 2. The van der Waals surface area contributed by atoms with Crippen LogP contribution in [0.5, 0.6) is 0 Å². The smallest absolute Gasteiger partial charge is 0.253 e. The van der Waals surface area contributed by atoms with Gasteiger partial charge in [-0.05, 0) is 48.4 Å². The molecule has 2 atom stereocenters. The van der Waals surface area contributed by atoms with Crippen LogP contribution in [0.15, 0.2) is 85.1 Å². The van der Waals surface area contributed by atoms with Gasteiger partial charge in [0.15, 0.2) is 0 Å². The number of anilines is 2. The molecule has 8 heteroatoms. The maximum atomic E-state index is 13.3. The molecule has 0 radical (unpaired) electrons. The van der Waals surface area contributed by atoms with Gasteiger partial charge in [-0.1, -0.05) is 49.4 Å². The van der Waals surface area contributed by atoms with Gasteiger partial charge < -0.3 is 9.87 Å². The average molecular weight is 463 g/mol. The average Bonchev–Trinajstić information content (AvgIpc) is 2.83. The van der Waals surface area contributed by atoms with Gasteiger partial charge in [0.1, 0.15) is 5.82 Å². The first-order chi connectivity index (χ1) is 16.0. The first kappa shape index (κ1) is 22.6. The van der Waals surface area contributed by atoms with Gasteiger partial charge in [0.05, 0.1) is 39.8 Å². The van der Waals surface area contributed by atoms with Crippen LogP contribution in [0.3, 0.4) is 0 Å². The molecule has 1 aromatic heterocycles. The third kappa shape index (κ3) is 4.76. The minimum absolute atomic E-state index is 0.190. The molecular formula is C25H21FN3O3S-. The van der Waals surface area contributed by atoms with E-state index in [0.29, 0.717) is 17.6 Å². The summed E-state index contributed by atoms with van der Waals surface area (Å²) < 4.78 is 39.2. The third-order valence-electron chi connectivity index (χ3n) is 5.33. The van der Waals surface area contributed by atoms with Crippen LogP contribution in [0.2, 0.25) is 0 Å². The first-order valence-electron chi connectivity index (χ1n) is 10.4. The molecule has 0 aliphatic heterocycles. The molecule has 0 saturated heterocycles. The maximum Gasteiger partial charge on any atom is 0.253 e. The molecule has 33 heavy (non-hydrogen) atoms. The van der Waals surface area contributed by atoms with E-state index in [-0.39, 0.29) is 23.1 Å². The molecule has 0 bridgehead atoms. The van der Waals surface area contributed by atoms with Gasteiger partial charge in [0, 0.05) is 11.6 Å². The Labute approximate surface area is 193 Å². The number of pyridine rings is 1. The topological polar surface area (TPSA) is 85.4 Å². The zero-order valence-electron chi connectivity index (χ0n) is 17.8. The van der Waals surface area contributed by atoms with Crippen LogP contribution in [0.25, 0.3) is 10.9 Å². The molecule has 6 nitrogen and oxygen atoms in total. The second-order valence-corrected chi connectivity index (χ2v) is 8.17. The molecule has 3 aromatic carbocycles. The summed E-state index contributed by atoms with van der Waals surface area (Å²) in [6, 6.07) is 20.9. The van der Waals surface area contributed by atoms with Gasteiger partial charge in [-0.3, -0.25) is 18.3 Å². The van der Waals surface area contributed by atoms with Gasteiger partial charge in [-0.2, -0.15) is 0 Å². The summed E-state index contributed by atoms with van der Waals surface area (Å²) in [4.78, 5) is 17.6. The SMILES string of the molecule is CCC(NC(=O)c1ccccc1N(c1cccc2cccnc12)S(=O)[O-])c1ccc(F)cc1. The van der Waals surface area contributed by atoms with Crippen LogP contribution in [0.1, 0.15) is 35.3 Å². The lowest BCUT2D eigenvalue weighted by molar-refractivity contribution is 0.0936. The van der Waals surface area contributed by atoms with E-state index in [1.807, 2.05) is 19.1 Å². The standard InChI is InChI=1S/C25H22FN3O3S/c1-2-21(17-12-14-19(26)15-13-17)28-25(30)20-9-3-4-10-22(20)29(33(31)32)23-11-5-7-18-8-6-16-27-24(18)23/h3-16,21H,2H2,1H3,(H,28,30)(H,31,32)/p-1. The van der Waals surface area contributed by atoms with Crippen molar-refractivity contribution in [1.82, 2.24) is 10.3 Å². The molecule has 0 saturated carbocycles. The van der Waals surface area contributed by atoms with Gasteiger partial charge in [0.25, 0.3) is 5.91 Å². The monoisotopic (exact) mass is 462 g/mol. The van der Waals surface area contributed by atoms with Crippen molar-refractivity contribution in [2.24, 2.45) is 0 Å². The normalized spacial score (nSPS) is 12.8. The fourth-order valence-electron chi connectivity index (χ4n) is 3.74. The van der Waals surface area contributed by atoms with E-state index in [9.17, 15) is 17.9 Å². The largest absolute Gasteiger partial charge is 0.755 e. The van der Waals surface area contributed by atoms with E-state index in [4.69, 9.17) is 0 Å². The number of nitrogens with one attached hydrogen (secondary N) is 1. The van der Waals surface area contributed by atoms with Crippen molar-refractivity contribution in [3.63, 3.8) is 0 Å². The summed E-state index contributed by atoms with van der Waals surface area (Å²) >= 11 is -2.72. The Morgan fingerprint density at radius 1 is 1.03 bits per heavy atom. The number of aromatic nitrogens is 1. The number of rotatable bonds is 7. The van der Waals surface area contributed by atoms with E-state index >= 15 is 0 Å². The Morgan fingerprint density at radius 3 is 2.45 bits per heavy atom. The van der Waals surface area contributed by atoms with Crippen LogP contribution in [-0.2, 0) is 11.3 Å². The summed E-state index contributed by atoms with van der Waals surface area (Å²) in [7, 11) is 0. The molecule has 168 valence electrons. The first-order valence-corrected chi connectivity index (χ1v) is 11.4. The summed E-state index contributed by atoms with van der Waals surface area (Å²) in [5.74, 6) is -0.798. The molecule has 1 heterocycles. The van der Waals surface area contributed by atoms with Crippen molar-refractivity contribution < 1.29 is 17.9 Å². The molecule has 1 amide bonds. The number of halogens is 1. The summed E-state index contributed by atoms with van der Waals surface area (Å²) in [5, 5.41) is 3.71. The number of para-hydroxylation sites is 2. The molecular weight excluding hydrogens is 441 g/mol. The van der Waals surface area contributed by atoms with Crippen LogP contribution in [-0.4, -0.2) is 19.7 Å². The Morgan fingerprint density at radius 2 is 1.73 bits per heavy atom. The van der Waals surface area contributed by atoms with Crippen molar-refractivity contribution in [1.29, 1.82) is 0 Å². The highest BCUT2D eigenvalue weighted by molar-refractivity contribution is 7.81. The van der Waals surface area contributed by atoms with E-state index in [1.54, 1.807) is 60.8 Å². The molecule has 4 rings (SSSR count). The number of hydrogen-bond acceptors (Lipinski definition) is 4. The lowest BCUT2D eigenvalue weighted by Crippen LogP contribution is -2.30. The van der Waals surface area contributed by atoms with E-state index in [2.05, 4.69) is 10.3 Å². The molecule has 0 spiro atoms. The lowest BCUT2D eigenvalue weighted by Gasteiger charge is -2.29. The molecule has 4 aromatic rings. The molecule has 0 aliphatic carbocycles. The van der Waals surface area contributed by atoms with Gasteiger partial charge in [-0.15, -0.1) is 0 Å². The highest BCUT2D eigenvalue weighted by Crippen LogP contribution is 2.34. The second kappa shape index (κ2) is 9.89. The number of hydrogen-bond donors (Lipinski definition) is 1. The molecule has 0 fully saturated rings. The maximum absolute atomic E-state index is 13.3. The quantitative estimate of drug-likeness (QED) is 0.383. The number of carbonyl (C=O) groups excluding carboxylic acids is 1. The Kier molecular flexibility index (Phi) is 6.76. The predicted molar refractivity (Wildman–Crippen MR) is 126 cm³/mol. The third-order valence-corrected chi connectivity index (χ3v) is 6.02. The van der Waals surface area contributed by atoms with Crippen molar-refractivity contribution in [3.8, 4) is 0 Å². The summed E-state index contributed by atoms with van der Waals surface area (Å²) in [6.07, 6.45) is 2.16. The molecule has 1 N–H and O–H groups in total. The van der Waals surface area contributed by atoms with Gasteiger partial charge >= 0.3 is 0 Å². The molecule has 2 unspecified atom stereocenters. The second-order valence-electron chi connectivity index (χ2n) is 7.37. The zero-order valence-corrected chi connectivity index (χ0v) is 18.6. The minimum Gasteiger partial charge on any atom is -0.755 e. The van der Waals surface area contributed by atoms with Crippen LogP contribution >= 0.6 is 0 Å². The Hall–Kier alpha value is -3.62. The highest BCUT2D eigenvalue weighted by atomic mass is 32.2. The number of benzene rings is 3. The summed E-state index contributed by atoms with van der Waals surface area (Å²) in [6.45, 7) is 1.90. The fourth-order valence-corrected chi connectivity index (χ4v) is 4.37. The molecule has 0 aliphatic rings. The zero-order chi connectivity index (χ0) is 23.4. The van der Waals surface area contributed by atoms with Crippen LogP contribution in [0.4, 0.5) is 15.8 Å². The minimum atomic E-state index is -2.72. The van der Waals surface area contributed by atoms with Gasteiger partial charge in [-0.25, -0.2) is 4.39 Å². The van der Waals surface area contributed by atoms with Crippen LogP contribution < -0.4 is 9.62 Å². The van der Waals surface area contributed by atoms with Crippen molar-refractivity contribution in [2.45, 2.75) is 19.4 Å². The van der Waals surface area contributed by atoms with Crippen molar-refractivity contribution >= 4 is 39.5 Å². The van der Waals surface area contributed by atoms with Crippen molar-refractivity contribution in [2.75, 3.05) is 4.31 Å². The highest BCUT2D eigenvalue weighted by Gasteiger charge is 2.22. The Balaban J connectivity index is 1.74. The van der Waals surface area contributed by atoms with E-state index in [0.717, 1.165) is 15.3 Å². The number of amides is 1. The fraction of sp³-hybridized carbons (Fsp3) is 0.120. The van der Waals surface area contributed by atoms with Crippen LogP contribution in [0, 0.1) is 5.82 Å². The summed E-state index contributed by atoms with van der Waals surface area (Å²) in [5.41, 5.74) is 1.99. The number of carbonyl (C=O) groups is 1. The van der Waals surface area contributed by atoms with E-state index < -0.39 is 17.2 Å². The Bertz CT molecular complexity index is 1310.